The van der Waals surface area contributed by atoms with Gasteiger partial charge >= 0.3 is 0 Å². The van der Waals surface area contributed by atoms with Crippen LogP contribution in [0.4, 0.5) is 5.69 Å². The van der Waals surface area contributed by atoms with E-state index >= 15 is 0 Å². The molecular formula is C22H28N4O5. The van der Waals surface area contributed by atoms with Crippen LogP contribution >= 0.6 is 0 Å². The summed E-state index contributed by atoms with van der Waals surface area (Å²) < 4.78 is 16.0. The Morgan fingerprint density at radius 2 is 1.97 bits per heavy atom. The van der Waals surface area contributed by atoms with E-state index in [1.807, 2.05) is 13.8 Å². The second kappa shape index (κ2) is 8.56. The van der Waals surface area contributed by atoms with Gasteiger partial charge in [-0.15, -0.1) is 0 Å². The lowest BCUT2D eigenvalue weighted by Gasteiger charge is -2.21. The SMILES string of the molecule is COc1ccc(N2CC(C(=O)NC(c3nc(C4CC4)no3)C(C)C)CC2=O)cc1OC. The lowest BCUT2D eigenvalue weighted by molar-refractivity contribution is -0.127. The van der Waals surface area contributed by atoms with Crippen molar-refractivity contribution in [2.24, 2.45) is 11.8 Å². The van der Waals surface area contributed by atoms with Crippen LogP contribution in [-0.2, 0) is 9.59 Å². The van der Waals surface area contributed by atoms with E-state index in [9.17, 15) is 9.59 Å². The number of hydrogen-bond donors (Lipinski definition) is 1. The smallest absolute Gasteiger partial charge is 0.249 e. The second-order valence-corrected chi connectivity index (χ2v) is 8.44. The molecule has 1 saturated carbocycles. The van der Waals surface area contributed by atoms with E-state index in [1.165, 1.54) is 0 Å². The van der Waals surface area contributed by atoms with Crippen LogP contribution in [-0.4, -0.2) is 42.7 Å². The Hall–Kier alpha value is -3.10. The maximum Gasteiger partial charge on any atom is 0.249 e. The van der Waals surface area contributed by atoms with Crippen molar-refractivity contribution in [1.29, 1.82) is 0 Å². The third-order valence-corrected chi connectivity index (χ3v) is 5.81. The molecule has 31 heavy (non-hydrogen) atoms. The van der Waals surface area contributed by atoms with Gasteiger partial charge in [-0.05, 0) is 30.9 Å². The van der Waals surface area contributed by atoms with Crippen molar-refractivity contribution in [3.05, 3.63) is 29.9 Å². The van der Waals surface area contributed by atoms with Crippen molar-refractivity contribution in [2.75, 3.05) is 25.7 Å². The first-order chi connectivity index (χ1) is 14.9. The highest BCUT2D eigenvalue weighted by Crippen LogP contribution is 2.39. The minimum absolute atomic E-state index is 0.0653. The zero-order chi connectivity index (χ0) is 22.1. The number of benzene rings is 1. The average molecular weight is 428 g/mol. The van der Waals surface area contributed by atoms with E-state index in [0.29, 0.717) is 41.4 Å². The third kappa shape index (κ3) is 4.35. The summed E-state index contributed by atoms with van der Waals surface area (Å²) in [6, 6.07) is 4.88. The van der Waals surface area contributed by atoms with Gasteiger partial charge in [0.1, 0.15) is 6.04 Å². The topological polar surface area (TPSA) is 107 Å². The zero-order valence-corrected chi connectivity index (χ0v) is 18.3. The normalized spacial score (nSPS) is 19.6. The van der Waals surface area contributed by atoms with Gasteiger partial charge in [0.2, 0.25) is 17.7 Å². The third-order valence-electron chi connectivity index (χ3n) is 5.81. The van der Waals surface area contributed by atoms with Gasteiger partial charge in [-0.25, -0.2) is 0 Å². The Labute approximate surface area is 181 Å². The van der Waals surface area contributed by atoms with E-state index in [4.69, 9.17) is 14.0 Å². The van der Waals surface area contributed by atoms with Crippen LogP contribution in [0.1, 0.15) is 56.8 Å². The van der Waals surface area contributed by atoms with Gasteiger partial charge in [-0.2, -0.15) is 4.98 Å². The highest BCUT2D eigenvalue weighted by Gasteiger charge is 2.38. The second-order valence-electron chi connectivity index (χ2n) is 8.44. The van der Waals surface area contributed by atoms with E-state index < -0.39 is 12.0 Å². The van der Waals surface area contributed by atoms with E-state index in [-0.39, 0.29) is 24.2 Å². The molecule has 2 aliphatic rings. The Kier molecular flexibility index (Phi) is 5.84. The first-order valence-corrected chi connectivity index (χ1v) is 10.6. The zero-order valence-electron chi connectivity index (χ0n) is 18.3. The Morgan fingerprint density at radius 1 is 1.23 bits per heavy atom. The van der Waals surface area contributed by atoms with Crippen molar-refractivity contribution >= 4 is 17.5 Å². The number of amides is 2. The average Bonchev–Trinajstić information content (AvgIpc) is 3.37. The van der Waals surface area contributed by atoms with Gasteiger partial charge < -0.3 is 24.2 Å². The number of anilines is 1. The highest BCUT2D eigenvalue weighted by molar-refractivity contribution is 6.00. The molecule has 9 nitrogen and oxygen atoms in total. The molecule has 1 aliphatic heterocycles. The van der Waals surface area contributed by atoms with Crippen molar-refractivity contribution in [3.8, 4) is 11.5 Å². The summed E-state index contributed by atoms with van der Waals surface area (Å²) in [5.74, 6) is 1.92. The van der Waals surface area contributed by atoms with Crippen molar-refractivity contribution in [2.45, 2.75) is 45.1 Å². The molecule has 4 rings (SSSR count). The first kappa shape index (κ1) is 21.1. The van der Waals surface area contributed by atoms with Crippen molar-refractivity contribution in [3.63, 3.8) is 0 Å². The van der Waals surface area contributed by atoms with Crippen LogP contribution < -0.4 is 19.7 Å². The van der Waals surface area contributed by atoms with Crippen LogP contribution in [0.3, 0.4) is 0 Å². The number of rotatable bonds is 8. The molecule has 166 valence electrons. The summed E-state index contributed by atoms with van der Waals surface area (Å²) in [6.07, 6.45) is 2.30. The molecule has 2 atom stereocenters. The minimum atomic E-state index is -0.465. The summed E-state index contributed by atoms with van der Waals surface area (Å²) in [4.78, 5) is 31.8. The monoisotopic (exact) mass is 428 g/mol. The molecule has 1 N–H and O–H groups in total. The highest BCUT2D eigenvalue weighted by atomic mass is 16.5. The van der Waals surface area contributed by atoms with E-state index in [1.54, 1.807) is 37.3 Å². The number of nitrogens with zero attached hydrogens (tertiary/aromatic N) is 3. The summed E-state index contributed by atoms with van der Waals surface area (Å²) in [7, 11) is 3.10. The van der Waals surface area contributed by atoms with Gasteiger partial charge in [-0.3, -0.25) is 9.59 Å². The Bertz CT molecular complexity index is 969. The number of ether oxygens (including phenoxy) is 2. The molecule has 1 saturated heterocycles. The molecule has 2 fully saturated rings. The van der Waals surface area contributed by atoms with Crippen molar-refractivity contribution in [1.82, 2.24) is 15.5 Å². The van der Waals surface area contributed by atoms with Crippen LogP contribution in [0.2, 0.25) is 0 Å². The molecular weight excluding hydrogens is 400 g/mol. The fourth-order valence-electron chi connectivity index (χ4n) is 3.79. The number of carbonyl (C=O) groups is 2. The molecule has 1 aliphatic carbocycles. The predicted octanol–water partition coefficient (Wildman–Crippen LogP) is 2.83. The molecule has 9 heteroatoms. The number of nitrogens with one attached hydrogen (secondary N) is 1. The summed E-state index contributed by atoms with van der Waals surface area (Å²) in [6.45, 7) is 4.27. The maximum atomic E-state index is 13.0. The number of carbonyl (C=O) groups excluding carboxylic acids is 2. The lowest BCUT2D eigenvalue weighted by Crippen LogP contribution is -2.37. The largest absolute Gasteiger partial charge is 0.493 e. The molecule has 2 aromatic rings. The maximum absolute atomic E-state index is 13.0. The lowest BCUT2D eigenvalue weighted by atomic mass is 10.0. The molecule has 2 amide bonds. The fraction of sp³-hybridized carbons (Fsp3) is 0.545. The standard InChI is InChI=1S/C22H28N4O5/c1-12(2)19(22-24-20(25-31-22)13-5-6-13)23-21(28)14-9-18(27)26(11-14)15-7-8-16(29-3)17(10-15)30-4/h7-8,10,12-14,19H,5-6,9,11H2,1-4H3,(H,23,28). The quantitative estimate of drug-likeness (QED) is 0.689. The van der Waals surface area contributed by atoms with Gasteiger partial charge in [0.15, 0.2) is 17.3 Å². The molecule has 0 bridgehead atoms. The van der Waals surface area contributed by atoms with Crippen LogP contribution in [0, 0.1) is 11.8 Å². The first-order valence-electron chi connectivity index (χ1n) is 10.6. The Balaban J connectivity index is 1.45. The molecule has 2 heterocycles. The molecule has 1 aromatic carbocycles. The minimum Gasteiger partial charge on any atom is -0.493 e. The fourth-order valence-corrected chi connectivity index (χ4v) is 3.79. The number of hydrogen-bond acceptors (Lipinski definition) is 7. The number of methoxy groups -OCH3 is 2. The van der Waals surface area contributed by atoms with Crippen LogP contribution in [0.25, 0.3) is 0 Å². The van der Waals surface area contributed by atoms with E-state index in [0.717, 1.165) is 12.8 Å². The summed E-state index contributed by atoms with van der Waals surface area (Å²) >= 11 is 0. The van der Waals surface area contributed by atoms with Gasteiger partial charge in [-0.1, -0.05) is 19.0 Å². The Morgan fingerprint density at radius 3 is 2.61 bits per heavy atom. The molecule has 2 unspecified atom stereocenters. The van der Waals surface area contributed by atoms with Gasteiger partial charge in [0.05, 0.1) is 20.1 Å². The van der Waals surface area contributed by atoms with Crippen LogP contribution in [0.15, 0.2) is 22.7 Å². The number of aromatic nitrogens is 2. The molecule has 1 aromatic heterocycles. The van der Waals surface area contributed by atoms with E-state index in [2.05, 4.69) is 15.5 Å². The predicted molar refractivity (Wildman–Crippen MR) is 112 cm³/mol. The molecule has 0 spiro atoms. The summed E-state index contributed by atoms with van der Waals surface area (Å²) in [5, 5.41) is 7.08. The van der Waals surface area contributed by atoms with Crippen LogP contribution in [0.5, 0.6) is 11.5 Å². The van der Waals surface area contributed by atoms with Gasteiger partial charge in [0, 0.05) is 30.6 Å². The van der Waals surface area contributed by atoms with Gasteiger partial charge in [0.25, 0.3) is 0 Å². The molecule has 0 radical (unpaired) electrons. The summed E-state index contributed by atoms with van der Waals surface area (Å²) in [5.41, 5.74) is 0.671. The van der Waals surface area contributed by atoms with Crippen molar-refractivity contribution < 1.29 is 23.6 Å².